The Bertz CT molecular complexity index is 1930. The molecule has 0 fully saturated rings. The minimum Gasteiger partial charge on any atom is -0.496 e. The molecule has 2 aromatic carbocycles. The number of nitrogens with zero attached hydrogens (tertiary/aromatic N) is 3. The number of ether oxygens (including phenoxy) is 2. The van der Waals surface area contributed by atoms with Crippen LogP contribution in [0, 0.1) is 10.1 Å². The molecule has 4 aromatic rings. The van der Waals surface area contributed by atoms with Crippen LogP contribution < -0.4 is 19.6 Å². The van der Waals surface area contributed by atoms with Gasteiger partial charge in [-0.25, -0.2) is 9.79 Å². The van der Waals surface area contributed by atoms with Crippen LogP contribution in [0.15, 0.2) is 80.1 Å². The molecule has 0 saturated carbocycles. The van der Waals surface area contributed by atoms with Crippen LogP contribution in [-0.4, -0.2) is 29.2 Å². The SMILES string of the molecule is CCCC1=C(C(=O)OCC)[C@H](c2ccc(C(C)C)cc2)n2c(s/c(=C\c3ccc(-c4cc([N+](=O)[O-])ccc4OC)o3)c2=O)=N1. The molecule has 0 N–H and O–H groups in total. The smallest absolute Gasteiger partial charge is 0.338 e. The van der Waals surface area contributed by atoms with Gasteiger partial charge in [0.25, 0.3) is 11.2 Å². The van der Waals surface area contributed by atoms with Gasteiger partial charge in [-0.15, -0.1) is 0 Å². The molecule has 1 aliphatic heterocycles. The zero-order valence-electron chi connectivity index (χ0n) is 25.2. The molecule has 5 rings (SSSR count). The summed E-state index contributed by atoms with van der Waals surface area (Å²) in [6, 6.07) is 14.8. The molecular formula is C33H33N3O7S. The number of nitro benzene ring substituents is 1. The number of benzene rings is 2. The van der Waals surface area contributed by atoms with Crippen molar-refractivity contribution in [3.05, 3.63) is 113 Å². The highest BCUT2D eigenvalue weighted by Crippen LogP contribution is 2.35. The van der Waals surface area contributed by atoms with Gasteiger partial charge in [-0.05, 0) is 48.6 Å². The van der Waals surface area contributed by atoms with Crippen LogP contribution in [0.5, 0.6) is 5.75 Å². The molecule has 1 aliphatic rings. The van der Waals surface area contributed by atoms with Gasteiger partial charge in [0.15, 0.2) is 4.80 Å². The number of fused-ring (bicyclic) bond motifs is 1. The summed E-state index contributed by atoms with van der Waals surface area (Å²) >= 11 is 1.21. The summed E-state index contributed by atoms with van der Waals surface area (Å²) in [6.45, 7) is 8.17. The van der Waals surface area contributed by atoms with Crippen LogP contribution in [0.2, 0.25) is 0 Å². The van der Waals surface area contributed by atoms with E-state index in [0.29, 0.717) is 55.8 Å². The lowest BCUT2D eigenvalue weighted by molar-refractivity contribution is -0.384. The molecule has 1 atom stereocenters. The van der Waals surface area contributed by atoms with Gasteiger partial charge in [-0.2, -0.15) is 0 Å². The molecule has 0 amide bonds. The second-order valence-corrected chi connectivity index (χ2v) is 11.6. The molecule has 0 radical (unpaired) electrons. The van der Waals surface area contributed by atoms with E-state index in [2.05, 4.69) is 13.8 Å². The van der Waals surface area contributed by atoms with Gasteiger partial charge < -0.3 is 13.9 Å². The van der Waals surface area contributed by atoms with E-state index in [1.54, 1.807) is 29.7 Å². The third-order valence-corrected chi connectivity index (χ3v) is 8.35. The first-order valence-electron chi connectivity index (χ1n) is 14.4. The molecule has 0 saturated heterocycles. The molecular weight excluding hydrogens is 582 g/mol. The lowest BCUT2D eigenvalue weighted by Gasteiger charge is -2.26. The van der Waals surface area contributed by atoms with Gasteiger partial charge >= 0.3 is 5.97 Å². The normalized spacial score (nSPS) is 14.9. The number of carbonyl (C=O) groups is 1. The van der Waals surface area contributed by atoms with Gasteiger partial charge in [-0.1, -0.05) is 62.8 Å². The van der Waals surface area contributed by atoms with Gasteiger partial charge in [0, 0.05) is 18.2 Å². The number of methoxy groups -OCH3 is 1. The predicted octanol–water partition coefficient (Wildman–Crippen LogP) is 5.88. The van der Waals surface area contributed by atoms with Gasteiger partial charge in [0.2, 0.25) is 0 Å². The second kappa shape index (κ2) is 12.8. The van der Waals surface area contributed by atoms with Gasteiger partial charge in [0.1, 0.15) is 17.3 Å². The number of carbonyl (C=O) groups excluding carboxylic acids is 1. The molecule has 10 nitrogen and oxygen atoms in total. The van der Waals surface area contributed by atoms with E-state index in [1.165, 1.54) is 36.6 Å². The molecule has 0 bridgehead atoms. The van der Waals surface area contributed by atoms with E-state index in [-0.39, 0.29) is 17.9 Å². The summed E-state index contributed by atoms with van der Waals surface area (Å²) in [6.07, 6.45) is 2.92. The average Bonchev–Trinajstić information content (AvgIpc) is 3.60. The molecule has 2 aromatic heterocycles. The lowest BCUT2D eigenvalue weighted by atomic mass is 9.92. The minimum absolute atomic E-state index is 0.103. The first kappa shape index (κ1) is 30.7. The summed E-state index contributed by atoms with van der Waals surface area (Å²) < 4.78 is 18.8. The summed E-state index contributed by atoms with van der Waals surface area (Å²) in [5.41, 5.74) is 2.88. The molecule has 0 spiro atoms. The Kier molecular flexibility index (Phi) is 8.96. The van der Waals surface area contributed by atoms with E-state index >= 15 is 0 Å². The Labute approximate surface area is 257 Å². The predicted molar refractivity (Wildman–Crippen MR) is 168 cm³/mol. The highest BCUT2D eigenvalue weighted by molar-refractivity contribution is 7.07. The largest absolute Gasteiger partial charge is 0.496 e. The first-order chi connectivity index (χ1) is 21.2. The number of hydrogen-bond donors (Lipinski definition) is 0. The molecule has 0 unspecified atom stereocenters. The number of hydrogen-bond acceptors (Lipinski definition) is 9. The number of rotatable bonds is 10. The van der Waals surface area contributed by atoms with Crippen LogP contribution in [0.25, 0.3) is 17.4 Å². The maximum Gasteiger partial charge on any atom is 0.338 e. The van der Waals surface area contributed by atoms with Crippen molar-refractivity contribution in [2.75, 3.05) is 13.7 Å². The topological polar surface area (TPSA) is 126 Å². The Balaban J connectivity index is 1.66. The zero-order valence-corrected chi connectivity index (χ0v) is 26.0. The maximum atomic E-state index is 14.0. The Morgan fingerprint density at radius 1 is 1.16 bits per heavy atom. The molecule has 0 aliphatic carbocycles. The van der Waals surface area contributed by atoms with Gasteiger partial charge in [0.05, 0.1) is 46.0 Å². The van der Waals surface area contributed by atoms with E-state index in [0.717, 1.165) is 17.5 Å². The number of thiazole rings is 1. The quantitative estimate of drug-likeness (QED) is 0.124. The fourth-order valence-corrected chi connectivity index (χ4v) is 6.21. The van der Waals surface area contributed by atoms with Crippen molar-refractivity contribution in [1.82, 2.24) is 4.57 Å². The maximum absolute atomic E-state index is 14.0. The van der Waals surface area contributed by atoms with Crippen molar-refractivity contribution < 1.29 is 23.6 Å². The highest BCUT2D eigenvalue weighted by Gasteiger charge is 2.34. The number of esters is 1. The standard InChI is InChI=1S/C33H33N3O7S/c1-6-8-25-29(32(38)42-7-2)30(21-11-9-20(10-12-21)19(3)4)35-31(37)28(44-33(35)34-25)18-23-14-16-27(43-23)24-17-22(36(39)40)13-15-26(24)41-5/h9-19,30H,6-8H2,1-5H3/b28-18-/t30-/m0/s1. The fraction of sp³-hybridized carbons (Fsp3) is 0.303. The Hall–Kier alpha value is -4.77. The number of aromatic nitrogens is 1. The third kappa shape index (κ3) is 5.87. The number of allylic oxidation sites excluding steroid dienone is 1. The van der Waals surface area contributed by atoms with E-state index in [1.807, 2.05) is 31.2 Å². The Morgan fingerprint density at radius 2 is 1.91 bits per heavy atom. The molecule has 3 heterocycles. The second-order valence-electron chi connectivity index (χ2n) is 10.6. The van der Waals surface area contributed by atoms with Crippen LogP contribution in [0.3, 0.4) is 0 Å². The van der Waals surface area contributed by atoms with Crippen molar-refractivity contribution in [2.24, 2.45) is 4.99 Å². The minimum atomic E-state index is -0.712. The van der Waals surface area contributed by atoms with Crippen molar-refractivity contribution in [2.45, 2.75) is 52.5 Å². The van der Waals surface area contributed by atoms with Crippen LogP contribution >= 0.6 is 11.3 Å². The monoisotopic (exact) mass is 615 g/mol. The molecule has 44 heavy (non-hydrogen) atoms. The van der Waals surface area contributed by atoms with Crippen molar-refractivity contribution >= 4 is 29.1 Å². The van der Waals surface area contributed by atoms with E-state index in [4.69, 9.17) is 18.9 Å². The van der Waals surface area contributed by atoms with E-state index < -0.39 is 16.9 Å². The lowest BCUT2D eigenvalue weighted by Crippen LogP contribution is -2.40. The van der Waals surface area contributed by atoms with Crippen LogP contribution in [-0.2, 0) is 9.53 Å². The van der Waals surface area contributed by atoms with Crippen molar-refractivity contribution in [3.8, 4) is 17.1 Å². The summed E-state index contributed by atoms with van der Waals surface area (Å²) in [7, 11) is 1.47. The van der Waals surface area contributed by atoms with E-state index in [9.17, 15) is 19.7 Å². The molecule has 228 valence electrons. The summed E-state index contributed by atoms with van der Waals surface area (Å²) in [4.78, 5) is 43.6. The fourth-order valence-electron chi connectivity index (χ4n) is 5.21. The highest BCUT2D eigenvalue weighted by atomic mass is 32.1. The van der Waals surface area contributed by atoms with Gasteiger partial charge in [-0.3, -0.25) is 19.5 Å². The summed E-state index contributed by atoms with van der Waals surface area (Å²) in [5.74, 6) is 0.960. The summed E-state index contributed by atoms with van der Waals surface area (Å²) in [5, 5.41) is 11.4. The van der Waals surface area contributed by atoms with Crippen LogP contribution in [0.1, 0.15) is 69.4 Å². The zero-order chi connectivity index (χ0) is 31.5. The number of non-ortho nitro benzene ring substituents is 1. The molecule has 11 heteroatoms. The van der Waals surface area contributed by atoms with Crippen LogP contribution in [0.4, 0.5) is 5.69 Å². The number of furan rings is 1. The van der Waals surface area contributed by atoms with Crippen molar-refractivity contribution in [1.29, 1.82) is 0 Å². The number of nitro groups is 1. The van der Waals surface area contributed by atoms with Crippen molar-refractivity contribution in [3.63, 3.8) is 0 Å². The Morgan fingerprint density at radius 3 is 2.55 bits per heavy atom. The average molecular weight is 616 g/mol. The first-order valence-corrected chi connectivity index (χ1v) is 15.2. The third-order valence-electron chi connectivity index (χ3n) is 7.37.